The number of carbonyl (C=O) groups excluding carboxylic acids is 1. The summed E-state index contributed by atoms with van der Waals surface area (Å²) in [5.74, 6) is -0.399. The Labute approximate surface area is 173 Å². The topological polar surface area (TPSA) is 56.1 Å². The molecule has 0 radical (unpaired) electrons. The zero-order valence-electron chi connectivity index (χ0n) is 17.9. The first-order valence-electron chi connectivity index (χ1n) is 9.71. The molecule has 0 aromatic heterocycles. The van der Waals surface area contributed by atoms with Crippen molar-refractivity contribution in [2.24, 2.45) is 0 Å². The van der Waals surface area contributed by atoms with Crippen LogP contribution >= 0.6 is 0 Å². The van der Waals surface area contributed by atoms with E-state index in [9.17, 15) is 10.1 Å². The van der Waals surface area contributed by atoms with Gasteiger partial charge in [-0.25, -0.2) is 0 Å². The summed E-state index contributed by atoms with van der Waals surface area (Å²) in [6, 6.07) is 13.8. The summed E-state index contributed by atoms with van der Waals surface area (Å²) in [5.41, 5.74) is 7.12. The molecule has 2 aromatic rings. The summed E-state index contributed by atoms with van der Waals surface area (Å²) in [5, 5.41) is 12.4. The van der Waals surface area contributed by atoms with Crippen molar-refractivity contribution in [1.82, 2.24) is 0 Å². The molecule has 1 aliphatic rings. The minimum atomic E-state index is -0.399. The average molecular weight is 386 g/mol. The fourth-order valence-corrected chi connectivity index (χ4v) is 3.66. The van der Waals surface area contributed by atoms with Crippen molar-refractivity contribution < 1.29 is 4.79 Å². The van der Waals surface area contributed by atoms with E-state index in [4.69, 9.17) is 0 Å². The van der Waals surface area contributed by atoms with Crippen LogP contribution in [0.25, 0.3) is 11.6 Å². The smallest absolute Gasteiger partial charge is 0.266 e. The van der Waals surface area contributed by atoms with E-state index in [1.807, 2.05) is 50.2 Å². The molecule has 148 valence electrons. The number of hydrogen-bond donors (Lipinski definition) is 1. The minimum absolute atomic E-state index is 0.0577. The van der Waals surface area contributed by atoms with Gasteiger partial charge in [-0.05, 0) is 81.2 Å². The first-order valence-corrected chi connectivity index (χ1v) is 9.71. The highest BCUT2D eigenvalue weighted by molar-refractivity contribution is 6.10. The molecule has 0 aliphatic carbocycles. The van der Waals surface area contributed by atoms with Gasteiger partial charge in [0, 0.05) is 24.0 Å². The normalized spacial score (nSPS) is 15.3. The molecule has 1 aliphatic heterocycles. The predicted octanol–water partition coefficient (Wildman–Crippen LogP) is 5.48. The van der Waals surface area contributed by atoms with Crippen LogP contribution in [0.15, 0.2) is 48.0 Å². The number of nitrogens with one attached hydrogen (secondary N) is 1. The number of aryl methyl sites for hydroxylation is 1. The summed E-state index contributed by atoms with van der Waals surface area (Å²) in [6.45, 7) is 10.4. The lowest BCUT2D eigenvalue weighted by atomic mass is 9.88. The van der Waals surface area contributed by atoms with Crippen LogP contribution in [0.2, 0.25) is 0 Å². The molecule has 0 saturated carbocycles. The SMILES string of the molecule is CC1=CC(C)(C)N(C)c2ccc(/C=C(\C#N)C(=O)Nc3cccc(C)c3C)cc21. The van der Waals surface area contributed by atoms with Gasteiger partial charge in [0.15, 0.2) is 0 Å². The highest BCUT2D eigenvalue weighted by Crippen LogP contribution is 2.38. The van der Waals surface area contributed by atoms with E-state index in [1.165, 1.54) is 5.57 Å². The average Bonchev–Trinajstić information content (AvgIpc) is 2.67. The summed E-state index contributed by atoms with van der Waals surface area (Å²) < 4.78 is 0. The molecule has 0 unspecified atom stereocenters. The number of hydrogen-bond acceptors (Lipinski definition) is 3. The Kier molecular flexibility index (Phi) is 5.35. The summed E-state index contributed by atoms with van der Waals surface area (Å²) in [7, 11) is 2.08. The summed E-state index contributed by atoms with van der Waals surface area (Å²) in [4.78, 5) is 14.9. The number of fused-ring (bicyclic) bond motifs is 1. The molecule has 1 N–H and O–H groups in total. The van der Waals surface area contributed by atoms with E-state index in [0.29, 0.717) is 0 Å². The number of nitrogens with zero attached hydrogens (tertiary/aromatic N) is 2. The number of allylic oxidation sites excluding steroid dienone is 1. The second-order valence-corrected chi connectivity index (χ2v) is 8.19. The van der Waals surface area contributed by atoms with Crippen LogP contribution in [0.5, 0.6) is 0 Å². The fourth-order valence-electron chi connectivity index (χ4n) is 3.66. The van der Waals surface area contributed by atoms with Crippen LogP contribution in [0.4, 0.5) is 11.4 Å². The second-order valence-electron chi connectivity index (χ2n) is 8.19. The molecule has 2 aromatic carbocycles. The van der Waals surface area contributed by atoms with Gasteiger partial charge in [-0.1, -0.05) is 24.3 Å². The number of amides is 1. The standard InChI is InChI=1S/C25H27N3O/c1-16-8-7-9-22(18(16)3)27-24(29)20(15-26)12-19-10-11-23-21(13-19)17(2)14-25(4,5)28(23)6/h7-14H,1-6H3,(H,27,29)/b20-12+. The highest BCUT2D eigenvalue weighted by atomic mass is 16.1. The van der Waals surface area contributed by atoms with Gasteiger partial charge >= 0.3 is 0 Å². The molecule has 0 spiro atoms. The van der Waals surface area contributed by atoms with Crippen molar-refractivity contribution in [3.63, 3.8) is 0 Å². The molecule has 0 atom stereocenters. The zero-order chi connectivity index (χ0) is 21.3. The van der Waals surface area contributed by atoms with Gasteiger partial charge in [-0.3, -0.25) is 4.79 Å². The van der Waals surface area contributed by atoms with Gasteiger partial charge in [0.05, 0.1) is 5.54 Å². The molecule has 1 heterocycles. The quantitative estimate of drug-likeness (QED) is 0.562. The number of nitriles is 1. The first kappa shape index (κ1) is 20.4. The van der Waals surface area contributed by atoms with Crippen LogP contribution in [-0.2, 0) is 4.79 Å². The molecule has 3 rings (SSSR count). The molecule has 0 bridgehead atoms. The lowest BCUT2D eigenvalue weighted by Crippen LogP contribution is -2.42. The lowest BCUT2D eigenvalue weighted by molar-refractivity contribution is -0.112. The fraction of sp³-hybridized carbons (Fsp3) is 0.280. The molecule has 1 amide bonds. The molecule has 4 nitrogen and oxygen atoms in total. The van der Waals surface area contributed by atoms with Gasteiger partial charge < -0.3 is 10.2 Å². The minimum Gasteiger partial charge on any atom is -0.366 e. The molecular weight excluding hydrogens is 358 g/mol. The largest absolute Gasteiger partial charge is 0.366 e. The molecule has 0 saturated heterocycles. The van der Waals surface area contributed by atoms with E-state index < -0.39 is 5.91 Å². The number of benzene rings is 2. The molecule has 4 heteroatoms. The molecule has 29 heavy (non-hydrogen) atoms. The van der Waals surface area contributed by atoms with Crippen LogP contribution < -0.4 is 10.2 Å². The van der Waals surface area contributed by atoms with Crippen LogP contribution in [-0.4, -0.2) is 18.5 Å². The van der Waals surface area contributed by atoms with E-state index in [1.54, 1.807) is 6.08 Å². The number of rotatable bonds is 3. The third kappa shape index (κ3) is 3.95. The third-order valence-electron chi connectivity index (χ3n) is 5.77. The van der Waals surface area contributed by atoms with Crippen molar-refractivity contribution in [3.8, 4) is 6.07 Å². The van der Waals surface area contributed by atoms with Crippen molar-refractivity contribution in [1.29, 1.82) is 5.26 Å². The van der Waals surface area contributed by atoms with Gasteiger partial charge in [-0.15, -0.1) is 0 Å². The summed E-state index contributed by atoms with van der Waals surface area (Å²) in [6.07, 6.45) is 3.88. The van der Waals surface area contributed by atoms with E-state index in [0.717, 1.165) is 33.6 Å². The Bertz CT molecular complexity index is 1080. The third-order valence-corrected chi connectivity index (χ3v) is 5.77. The van der Waals surface area contributed by atoms with Crippen LogP contribution in [0, 0.1) is 25.2 Å². The maximum Gasteiger partial charge on any atom is 0.266 e. The predicted molar refractivity (Wildman–Crippen MR) is 121 cm³/mol. The van der Waals surface area contributed by atoms with Crippen molar-refractivity contribution in [3.05, 3.63) is 70.3 Å². The van der Waals surface area contributed by atoms with E-state index in [-0.39, 0.29) is 11.1 Å². The highest BCUT2D eigenvalue weighted by Gasteiger charge is 2.28. The van der Waals surface area contributed by atoms with E-state index in [2.05, 4.69) is 50.2 Å². The first-order chi connectivity index (χ1) is 13.6. The number of carbonyl (C=O) groups is 1. The molecule has 0 fully saturated rings. The monoisotopic (exact) mass is 385 g/mol. The van der Waals surface area contributed by atoms with Gasteiger partial charge in [0.25, 0.3) is 5.91 Å². The Morgan fingerprint density at radius 3 is 2.59 bits per heavy atom. The maximum atomic E-state index is 12.7. The van der Waals surface area contributed by atoms with Gasteiger partial charge in [0.1, 0.15) is 11.6 Å². The van der Waals surface area contributed by atoms with E-state index >= 15 is 0 Å². The summed E-state index contributed by atoms with van der Waals surface area (Å²) >= 11 is 0. The number of likely N-dealkylation sites (N-methyl/N-ethyl adjacent to an activating group) is 1. The Hall–Kier alpha value is -3.32. The van der Waals surface area contributed by atoms with Gasteiger partial charge in [0.2, 0.25) is 0 Å². The Morgan fingerprint density at radius 1 is 1.17 bits per heavy atom. The van der Waals surface area contributed by atoms with Crippen molar-refractivity contribution in [2.45, 2.75) is 40.2 Å². The van der Waals surface area contributed by atoms with Crippen LogP contribution in [0.1, 0.15) is 43.0 Å². The van der Waals surface area contributed by atoms with Crippen molar-refractivity contribution in [2.75, 3.05) is 17.3 Å². The Balaban J connectivity index is 1.92. The van der Waals surface area contributed by atoms with Crippen molar-refractivity contribution >= 4 is 28.9 Å². The Morgan fingerprint density at radius 2 is 1.90 bits per heavy atom. The van der Waals surface area contributed by atoms with Crippen LogP contribution in [0.3, 0.4) is 0 Å². The van der Waals surface area contributed by atoms with Gasteiger partial charge in [-0.2, -0.15) is 5.26 Å². The second kappa shape index (κ2) is 7.60. The molecular formula is C25H27N3O. The lowest BCUT2D eigenvalue weighted by Gasteiger charge is -2.40. The maximum absolute atomic E-state index is 12.7. The zero-order valence-corrected chi connectivity index (χ0v) is 17.9. The number of anilines is 2.